The molecule has 3 nitrogen and oxygen atoms in total. The van der Waals surface area contributed by atoms with Gasteiger partial charge in [0, 0.05) is 0 Å². The molecule has 1 heterocycles. The van der Waals surface area contributed by atoms with Gasteiger partial charge in [-0.3, -0.25) is 4.79 Å². The monoisotopic (exact) mass is 294 g/mol. The maximum atomic E-state index is 12.0. The van der Waals surface area contributed by atoms with Crippen LogP contribution in [0, 0.1) is 6.92 Å². The number of amidine groups is 1. The van der Waals surface area contributed by atoms with Gasteiger partial charge in [0.2, 0.25) is 0 Å². The van der Waals surface area contributed by atoms with Crippen LogP contribution in [0.15, 0.2) is 64.5 Å². The third kappa shape index (κ3) is 3.41. The zero-order chi connectivity index (χ0) is 14.7. The van der Waals surface area contributed by atoms with Gasteiger partial charge in [0.15, 0.2) is 5.17 Å². The first-order valence-corrected chi connectivity index (χ1v) is 7.44. The summed E-state index contributed by atoms with van der Waals surface area (Å²) in [5, 5.41) is 3.42. The molecule has 0 radical (unpaired) electrons. The first-order chi connectivity index (χ1) is 10.2. The van der Waals surface area contributed by atoms with Crippen LogP contribution in [0.4, 0.5) is 5.69 Å². The lowest BCUT2D eigenvalue weighted by Crippen LogP contribution is -2.19. The van der Waals surface area contributed by atoms with E-state index in [2.05, 4.69) is 10.3 Å². The molecule has 104 valence electrons. The Morgan fingerprint density at radius 3 is 2.67 bits per heavy atom. The summed E-state index contributed by atoms with van der Waals surface area (Å²) >= 11 is 1.36. The molecule has 1 aliphatic rings. The van der Waals surface area contributed by atoms with Crippen LogP contribution in [-0.2, 0) is 4.79 Å². The minimum absolute atomic E-state index is 0.102. The van der Waals surface area contributed by atoms with Crippen molar-refractivity contribution in [2.24, 2.45) is 4.99 Å². The van der Waals surface area contributed by atoms with Crippen LogP contribution in [0.3, 0.4) is 0 Å². The van der Waals surface area contributed by atoms with Crippen molar-refractivity contribution in [1.82, 2.24) is 5.32 Å². The summed E-state index contributed by atoms with van der Waals surface area (Å²) in [5.74, 6) is -0.102. The van der Waals surface area contributed by atoms with Gasteiger partial charge >= 0.3 is 0 Å². The summed E-state index contributed by atoms with van der Waals surface area (Å²) < 4.78 is 0. The molecule has 0 bridgehead atoms. The lowest BCUT2D eigenvalue weighted by molar-refractivity contribution is -0.115. The van der Waals surface area contributed by atoms with E-state index in [1.807, 2.05) is 67.6 Å². The van der Waals surface area contributed by atoms with Gasteiger partial charge in [-0.15, -0.1) is 0 Å². The molecule has 2 aromatic carbocycles. The number of rotatable bonds is 2. The number of thioether (sulfide) groups is 1. The maximum absolute atomic E-state index is 12.0. The highest BCUT2D eigenvalue weighted by Gasteiger charge is 2.23. The minimum Gasteiger partial charge on any atom is -0.300 e. The molecule has 1 saturated heterocycles. The average molecular weight is 294 g/mol. The standard InChI is InChI=1S/C17H14N2OS/c1-12-6-5-9-14(10-12)18-17-19-16(20)15(21-17)11-13-7-3-2-4-8-13/h2-11H,1H3,(H,18,19,20)/b15-11+. The van der Waals surface area contributed by atoms with Gasteiger partial charge in [0.05, 0.1) is 10.6 Å². The van der Waals surface area contributed by atoms with E-state index in [4.69, 9.17) is 0 Å². The number of carbonyl (C=O) groups excluding carboxylic acids is 1. The highest BCUT2D eigenvalue weighted by Crippen LogP contribution is 2.28. The third-order valence-corrected chi connectivity index (χ3v) is 3.89. The van der Waals surface area contributed by atoms with Crippen molar-refractivity contribution in [1.29, 1.82) is 0 Å². The van der Waals surface area contributed by atoms with E-state index in [0.29, 0.717) is 10.1 Å². The van der Waals surface area contributed by atoms with Crippen LogP contribution in [0.1, 0.15) is 11.1 Å². The lowest BCUT2D eigenvalue weighted by atomic mass is 10.2. The number of nitrogens with one attached hydrogen (secondary N) is 1. The normalized spacial score (nSPS) is 18.2. The molecule has 1 N–H and O–H groups in total. The number of aliphatic imine (C=N–C) groups is 1. The van der Waals surface area contributed by atoms with Crippen molar-refractivity contribution in [3.8, 4) is 0 Å². The average Bonchev–Trinajstić information content (AvgIpc) is 2.80. The Kier molecular flexibility index (Phi) is 3.88. The summed E-state index contributed by atoms with van der Waals surface area (Å²) in [6, 6.07) is 17.7. The predicted molar refractivity (Wildman–Crippen MR) is 88.4 cm³/mol. The Bertz CT molecular complexity index is 735. The zero-order valence-electron chi connectivity index (χ0n) is 11.5. The second-order valence-corrected chi connectivity index (χ2v) is 5.76. The molecule has 0 spiro atoms. The Labute approximate surface area is 127 Å². The number of carbonyl (C=O) groups is 1. The number of amides is 1. The second-order valence-electron chi connectivity index (χ2n) is 4.73. The molecule has 0 unspecified atom stereocenters. The molecule has 1 amide bonds. The smallest absolute Gasteiger partial charge is 0.264 e. The molecule has 3 rings (SSSR count). The number of benzene rings is 2. The Hall–Kier alpha value is -2.33. The van der Waals surface area contributed by atoms with Gasteiger partial charge in [-0.25, -0.2) is 4.99 Å². The number of hydrogen-bond donors (Lipinski definition) is 1. The molecular weight excluding hydrogens is 280 g/mol. The largest absolute Gasteiger partial charge is 0.300 e. The molecule has 0 aromatic heterocycles. The first kappa shape index (κ1) is 13.6. The third-order valence-electron chi connectivity index (χ3n) is 2.98. The molecule has 1 fully saturated rings. The van der Waals surface area contributed by atoms with Crippen LogP contribution in [0.5, 0.6) is 0 Å². The fourth-order valence-electron chi connectivity index (χ4n) is 2.00. The van der Waals surface area contributed by atoms with Crippen molar-refractivity contribution in [2.75, 3.05) is 0 Å². The fourth-order valence-corrected chi connectivity index (χ4v) is 2.84. The van der Waals surface area contributed by atoms with E-state index in [1.165, 1.54) is 11.8 Å². The fraction of sp³-hybridized carbons (Fsp3) is 0.0588. The predicted octanol–water partition coefficient (Wildman–Crippen LogP) is 3.89. The summed E-state index contributed by atoms with van der Waals surface area (Å²) in [4.78, 5) is 17.1. The molecule has 0 atom stereocenters. The van der Waals surface area contributed by atoms with Crippen LogP contribution in [0.2, 0.25) is 0 Å². The number of hydrogen-bond acceptors (Lipinski definition) is 3. The van der Waals surface area contributed by atoms with E-state index in [9.17, 15) is 4.79 Å². The van der Waals surface area contributed by atoms with Crippen molar-refractivity contribution in [2.45, 2.75) is 6.92 Å². The Morgan fingerprint density at radius 2 is 1.90 bits per heavy atom. The van der Waals surface area contributed by atoms with Crippen molar-refractivity contribution < 1.29 is 4.79 Å². The van der Waals surface area contributed by atoms with E-state index in [-0.39, 0.29) is 5.91 Å². The Balaban J connectivity index is 1.83. The lowest BCUT2D eigenvalue weighted by Gasteiger charge is -1.97. The van der Waals surface area contributed by atoms with Crippen molar-refractivity contribution >= 4 is 34.6 Å². The Morgan fingerprint density at radius 1 is 1.10 bits per heavy atom. The molecule has 21 heavy (non-hydrogen) atoms. The second kappa shape index (κ2) is 5.97. The highest BCUT2D eigenvalue weighted by molar-refractivity contribution is 8.18. The van der Waals surface area contributed by atoms with Gasteiger partial charge in [-0.2, -0.15) is 0 Å². The van der Waals surface area contributed by atoms with Gasteiger partial charge in [-0.1, -0.05) is 42.5 Å². The van der Waals surface area contributed by atoms with Gasteiger partial charge < -0.3 is 5.32 Å². The first-order valence-electron chi connectivity index (χ1n) is 6.62. The quantitative estimate of drug-likeness (QED) is 0.854. The minimum atomic E-state index is -0.102. The van der Waals surface area contributed by atoms with E-state index < -0.39 is 0 Å². The summed E-state index contributed by atoms with van der Waals surface area (Å²) in [6.45, 7) is 2.02. The highest BCUT2D eigenvalue weighted by atomic mass is 32.2. The van der Waals surface area contributed by atoms with Gasteiger partial charge in [-0.05, 0) is 48.0 Å². The number of aryl methyl sites for hydroxylation is 1. The van der Waals surface area contributed by atoms with E-state index >= 15 is 0 Å². The van der Waals surface area contributed by atoms with Crippen LogP contribution < -0.4 is 5.32 Å². The SMILES string of the molecule is Cc1cccc(N=C2NC(=O)/C(=C\c3ccccc3)S2)c1. The van der Waals surface area contributed by atoms with Gasteiger partial charge in [0.1, 0.15) is 0 Å². The molecular formula is C17H14N2OS. The zero-order valence-corrected chi connectivity index (χ0v) is 12.4. The number of nitrogens with zero attached hydrogens (tertiary/aromatic N) is 1. The molecule has 0 saturated carbocycles. The van der Waals surface area contributed by atoms with Crippen LogP contribution in [-0.4, -0.2) is 11.1 Å². The van der Waals surface area contributed by atoms with E-state index in [0.717, 1.165) is 16.8 Å². The van der Waals surface area contributed by atoms with Crippen LogP contribution >= 0.6 is 11.8 Å². The van der Waals surface area contributed by atoms with Gasteiger partial charge in [0.25, 0.3) is 5.91 Å². The maximum Gasteiger partial charge on any atom is 0.264 e. The van der Waals surface area contributed by atoms with Crippen LogP contribution in [0.25, 0.3) is 6.08 Å². The molecule has 0 aliphatic carbocycles. The molecule has 4 heteroatoms. The van der Waals surface area contributed by atoms with Crippen molar-refractivity contribution in [3.05, 3.63) is 70.6 Å². The molecule has 1 aliphatic heterocycles. The molecule has 2 aromatic rings. The van der Waals surface area contributed by atoms with E-state index in [1.54, 1.807) is 0 Å². The summed E-state index contributed by atoms with van der Waals surface area (Å²) in [7, 11) is 0. The topological polar surface area (TPSA) is 41.5 Å². The van der Waals surface area contributed by atoms with Crippen molar-refractivity contribution in [3.63, 3.8) is 0 Å². The summed E-state index contributed by atoms with van der Waals surface area (Å²) in [6.07, 6.45) is 1.87. The summed E-state index contributed by atoms with van der Waals surface area (Å²) in [5.41, 5.74) is 3.00.